The van der Waals surface area contributed by atoms with E-state index in [4.69, 9.17) is 10.5 Å². The summed E-state index contributed by atoms with van der Waals surface area (Å²) >= 11 is 0. The molecule has 0 radical (unpaired) electrons. The Kier molecular flexibility index (Phi) is 4.14. The van der Waals surface area contributed by atoms with Crippen LogP contribution in [0.3, 0.4) is 0 Å². The van der Waals surface area contributed by atoms with Crippen LogP contribution in [0.4, 0.5) is 20.2 Å². The Balaban J connectivity index is 2.30. The number of ether oxygens (including phenoxy) is 1. The molecular weight excluding hydrogens is 288 g/mol. The molecule has 1 aliphatic heterocycles. The smallest absolute Gasteiger partial charge is 0.298 e. The number of nitrogens with one attached hydrogen (secondary N) is 1. The first-order chi connectivity index (χ1) is 9.83. The standard InChI is InChI=1S/C12H13F2N3O4/c13-7-5-8(14)10(9(6-7)17(19)20)16-11(18)12(15)1-3-21-4-2-12/h5-6H,1-4,15H2,(H,16,18). The summed E-state index contributed by atoms with van der Waals surface area (Å²) in [6.07, 6.45) is 0.408. The minimum Gasteiger partial charge on any atom is -0.381 e. The predicted octanol–water partition coefficient (Wildman–Crippen LogP) is 1.32. The fraction of sp³-hybridized carbons (Fsp3) is 0.417. The van der Waals surface area contributed by atoms with E-state index in [0.29, 0.717) is 12.1 Å². The molecule has 0 aliphatic carbocycles. The van der Waals surface area contributed by atoms with Gasteiger partial charge in [0.2, 0.25) is 5.91 Å². The number of anilines is 1. The third-order valence-electron chi connectivity index (χ3n) is 3.31. The number of nitro benzene ring substituents is 1. The first kappa shape index (κ1) is 15.3. The van der Waals surface area contributed by atoms with E-state index < -0.39 is 39.4 Å². The van der Waals surface area contributed by atoms with Gasteiger partial charge in [-0.2, -0.15) is 0 Å². The van der Waals surface area contributed by atoms with Crippen molar-refractivity contribution in [2.24, 2.45) is 5.73 Å². The second-order valence-corrected chi connectivity index (χ2v) is 4.76. The van der Waals surface area contributed by atoms with Crippen molar-refractivity contribution in [2.75, 3.05) is 18.5 Å². The first-order valence-electron chi connectivity index (χ1n) is 6.15. The molecule has 0 unspecified atom stereocenters. The van der Waals surface area contributed by atoms with Gasteiger partial charge in [-0.15, -0.1) is 0 Å². The van der Waals surface area contributed by atoms with Crippen molar-refractivity contribution in [3.05, 3.63) is 33.9 Å². The minimum absolute atomic E-state index is 0.204. The molecular formula is C12H13F2N3O4. The lowest BCUT2D eigenvalue weighted by molar-refractivity contribution is -0.384. The Morgan fingerprint density at radius 3 is 2.57 bits per heavy atom. The molecule has 1 heterocycles. The van der Waals surface area contributed by atoms with Crippen LogP contribution in [0, 0.1) is 21.7 Å². The van der Waals surface area contributed by atoms with Gasteiger partial charge in [0, 0.05) is 19.3 Å². The van der Waals surface area contributed by atoms with Crippen molar-refractivity contribution in [2.45, 2.75) is 18.4 Å². The fourth-order valence-electron chi connectivity index (χ4n) is 2.03. The van der Waals surface area contributed by atoms with E-state index in [1.165, 1.54) is 0 Å². The van der Waals surface area contributed by atoms with E-state index in [9.17, 15) is 23.7 Å². The molecule has 1 aromatic rings. The van der Waals surface area contributed by atoms with E-state index in [2.05, 4.69) is 5.32 Å². The predicted molar refractivity (Wildman–Crippen MR) is 68.6 cm³/mol. The van der Waals surface area contributed by atoms with Crippen LogP contribution in [-0.4, -0.2) is 29.6 Å². The van der Waals surface area contributed by atoms with Crippen LogP contribution in [0.1, 0.15) is 12.8 Å². The third kappa shape index (κ3) is 3.14. The maximum Gasteiger partial charge on any atom is 0.298 e. The maximum absolute atomic E-state index is 13.7. The number of hydrogen-bond donors (Lipinski definition) is 2. The molecule has 114 valence electrons. The molecule has 0 atom stereocenters. The van der Waals surface area contributed by atoms with Gasteiger partial charge in [-0.3, -0.25) is 14.9 Å². The summed E-state index contributed by atoms with van der Waals surface area (Å²) in [7, 11) is 0. The lowest BCUT2D eigenvalue weighted by Gasteiger charge is -2.31. The molecule has 0 saturated carbocycles. The van der Waals surface area contributed by atoms with E-state index in [1.807, 2.05) is 0 Å². The molecule has 3 N–H and O–H groups in total. The second-order valence-electron chi connectivity index (χ2n) is 4.76. The average Bonchev–Trinajstić information content (AvgIpc) is 2.41. The molecule has 0 aromatic heterocycles. The SMILES string of the molecule is NC1(C(=O)Nc2c(F)cc(F)cc2[N+](=O)[O-])CCOCC1. The average molecular weight is 301 g/mol. The molecule has 2 rings (SSSR count). The minimum atomic E-state index is -1.30. The first-order valence-corrected chi connectivity index (χ1v) is 6.15. The Morgan fingerprint density at radius 2 is 2.00 bits per heavy atom. The van der Waals surface area contributed by atoms with Gasteiger partial charge in [0.25, 0.3) is 5.69 Å². The third-order valence-corrected chi connectivity index (χ3v) is 3.31. The van der Waals surface area contributed by atoms with E-state index in [-0.39, 0.29) is 26.1 Å². The number of rotatable bonds is 3. The maximum atomic E-state index is 13.7. The van der Waals surface area contributed by atoms with Gasteiger partial charge >= 0.3 is 0 Å². The van der Waals surface area contributed by atoms with Crippen LogP contribution < -0.4 is 11.1 Å². The molecule has 1 aromatic carbocycles. The molecule has 1 aliphatic rings. The number of nitrogens with zero attached hydrogens (tertiary/aromatic N) is 1. The number of carbonyl (C=O) groups excluding carboxylic acids is 1. The molecule has 7 nitrogen and oxygen atoms in total. The van der Waals surface area contributed by atoms with Crippen molar-refractivity contribution in [1.29, 1.82) is 0 Å². The number of hydrogen-bond acceptors (Lipinski definition) is 5. The van der Waals surface area contributed by atoms with E-state index in [1.54, 1.807) is 0 Å². The lowest BCUT2D eigenvalue weighted by Crippen LogP contribution is -2.54. The topological polar surface area (TPSA) is 107 Å². The zero-order valence-corrected chi connectivity index (χ0v) is 10.9. The molecule has 0 spiro atoms. The molecule has 1 amide bonds. The van der Waals surface area contributed by atoms with Crippen molar-refractivity contribution in [3.8, 4) is 0 Å². The molecule has 1 saturated heterocycles. The Labute approximate surface area is 118 Å². The second kappa shape index (κ2) is 5.70. The Bertz CT molecular complexity index is 588. The van der Waals surface area contributed by atoms with Crippen molar-refractivity contribution >= 4 is 17.3 Å². The zero-order chi connectivity index (χ0) is 15.6. The molecule has 21 heavy (non-hydrogen) atoms. The number of amides is 1. The molecule has 0 bridgehead atoms. The van der Waals surface area contributed by atoms with Gasteiger partial charge in [-0.1, -0.05) is 0 Å². The van der Waals surface area contributed by atoms with Gasteiger partial charge in [0.1, 0.15) is 11.4 Å². The normalized spacial score (nSPS) is 17.3. The summed E-state index contributed by atoms with van der Waals surface area (Å²) in [6.45, 7) is 0.524. The highest BCUT2D eigenvalue weighted by molar-refractivity contribution is 5.99. The van der Waals surface area contributed by atoms with Crippen LogP contribution in [0.5, 0.6) is 0 Å². The lowest BCUT2D eigenvalue weighted by atomic mass is 9.90. The number of nitro groups is 1. The van der Waals surface area contributed by atoms with E-state index in [0.717, 1.165) is 0 Å². The summed E-state index contributed by atoms with van der Waals surface area (Å²) in [5, 5.41) is 12.9. The largest absolute Gasteiger partial charge is 0.381 e. The Morgan fingerprint density at radius 1 is 1.38 bits per heavy atom. The van der Waals surface area contributed by atoms with Crippen molar-refractivity contribution in [3.63, 3.8) is 0 Å². The van der Waals surface area contributed by atoms with Gasteiger partial charge in [-0.05, 0) is 12.8 Å². The summed E-state index contributed by atoms with van der Waals surface area (Å²) in [6, 6.07) is 0.988. The van der Waals surface area contributed by atoms with E-state index >= 15 is 0 Å². The molecule has 9 heteroatoms. The summed E-state index contributed by atoms with van der Waals surface area (Å²) in [4.78, 5) is 22.0. The van der Waals surface area contributed by atoms with Crippen LogP contribution in [-0.2, 0) is 9.53 Å². The van der Waals surface area contributed by atoms with Crippen LogP contribution in [0.25, 0.3) is 0 Å². The highest BCUT2D eigenvalue weighted by atomic mass is 19.1. The van der Waals surface area contributed by atoms with Gasteiger partial charge < -0.3 is 15.8 Å². The van der Waals surface area contributed by atoms with Gasteiger partial charge in [0.05, 0.1) is 11.0 Å². The monoisotopic (exact) mass is 301 g/mol. The highest BCUT2D eigenvalue weighted by Gasteiger charge is 2.37. The van der Waals surface area contributed by atoms with Crippen LogP contribution >= 0.6 is 0 Å². The zero-order valence-electron chi connectivity index (χ0n) is 10.9. The summed E-state index contributed by atoms with van der Waals surface area (Å²) in [5.41, 5.74) is 3.04. The Hall–Kier alpha value is -2.13. The van der Waals surface area contributed by atoms with Crippen LogP contribution in [0.15, 0.2) is 12.1 Å². The van der Waals surface area contributed by atoms with Gasteiger partial charge in [-0.25, -0.2) is 8.78 Å². The fourth-order valence-corrected chi connectivity index (χ4v) is 2.03. The van der Waals surface area contributed by atoms with Gasteiger partial charge in [0.15, 0.2) is 11.5 Å². The number of halogens is 2. The van der Waals surface area contributed by atoms with Crippen molar-refractivity contribution < 1.29 is 23.2 Å². The molecule has 1 fully saturated rings. The van der Waals surface area contributed by atoms with Crippen LogP contribution in [0.2, 0.25) is 0 Å². The number of nitrogens with two attached hydrogens (primary N) is 1. The quantitative estimate of drug-likeness (QED) is 0.646. The number of carbonyl (C=O) groups is 1. The summed E-state index contributed by atoms with van der Waals surface area (Å²) < 4.78 is 31.8. The number of benzene rings is 1. The highest BCUT2D eigenvalue weighted by Crippen LogP contribution is 2.30. The van der Waals surface area contributed by atoms with Crippen molar-refractivity contribution in [1.82, 2.24) is 0 Å². The summed E-state index contributed by atoms with van der Waals surface area (Å²) in [5.74, 6) is -3.10.